The molecule has 8 heteroatoms. The van der Waals surface area contributed by atoms with Crippen molar-refractivity contribution in [2.24, 2.45) is 0 Å². The molecule has 0 aliphatic carbocycles. The molecule has 0 atom stereocenters. The molecule has 2 N–H and O–H groups in total. The number of benzene rings is 2. The first-order chi connectivity index (χ1) is 11.9. The van der Waals surface area contributed by atoms with Gasteiger partial charge < -0.3 is 15.4 Å². The van der Waals surface area contributed by atoms with Crippen LogP contribution in [0, 0.1) is 12.7 Å². The molecule has 0 heterocycles. The highest BCUT2D eigenvalue weighted by atomic mass is 19.3. The van der Waals surface area contributed by atoms with Crippen molar-refractivity contribution in [3.05, 3.63) is 59.4 Å². The van der Waals surface area contributed by atoms with Crippen LogP contribution in [0.1, 0.15) is 15.9 Å². The molecule has 2 amide bonds. The normalized spacial score (nSPS) is 10.4. The van der Waals surface area contributed by atoms with Crippen LogP contribution in [0.2, 0.25) is 0 Å². The lowest BCUT2D eigenvalue weighted by Gasteiger charge is -2.11. The summed E-state index contributed by atoms with van der Waals surface area (Å²) in [7, 11) is 0. The van der Waals surface area contributed by atoms with Crippen LogP contribution < -0.4 is 15.4 Å². The lowest BCUT2D eigenvalue weighted by molar-refractivity contribution is -0.115. The van der Waals surface area contributed by atoms with E-state index < -0.39 is 30.8 Å². The first-order valence-corrected chi connectivity index (χ1v) is 7.25. The average Bonchev–Trinajstić information content (AvgIpc) is 2.55. The average molecular weight is 352 g/mol. The topological polar surface area (TPSA) is 67.4 Å². The van der Waals surface area contributed by atoms with E-state index in [0.717, 1.165) is 0 Å². The Morgan fingerprint density at radius 3 is 2.56 bits per heavy atom. The lowest BCUT2D eigenvalue weighted by atomic mass is 10.2. The maximum Gasteiger partial charge on any atom is 0.387 e. The Balaban J connectivity index is 1.97. The third-order valence-corrected chi connectivity index (χ3v) is 3.16. The van der Waals surface area contributed by atoms with E-state index >= 15 is 0 Å². The summed E-state index contributed by atoms with van der Waals surface area (Å²) in [5.74, 6) is -2.34. The standard InChI is InChI=1S/C17H15F3N2O3/c1-10-6-7-13(12(18)8-10)22-15(23)9-21-16(24)11-4-2-3-5-14(11)25-17(19)20/h2-8,17H,9H2,1H3,(H,21,24)(H,22,23). The number of anilines is 1. The van der Waals surface area contributed by atoms with Crippen molar-refractivity contribution < 1.29 is 27.5 Å². The van der Waals surface area contributed by atoms with Crippen LogP contribution in [0.15, 0.2) is 42.5 Å². The van der Waals surface area contributed by atoms with Crippen molar-refractivity contribution in [1.29, 1.82) is 0 Å². The highest BCUT2D eigenvalue weighted by Gasteiger charge is 2.16. The number of amides is 2. The van der Waals surface area contributed by atoms with E-state index in [9.17, 15) is 22.8 Å². The summed E-state index contributed by atoms with van der Waals surface area (Å²) in [5.41, 5.74) is 0.530. The molecule has 0 aromatic heterocycles. The van der Waals surface area contributed by atoms with Crippen molar-refractivity contribution in [3.8, 4) is 5.75 Å². The van der Waals surface area contributed by atoms with Crippen LogP contribution in [0.25, 0.3) is 0 Å². The minimum Gasteiger partial charge on any atom is -0.434 e. The van der Waals surface area contributed by atoms with Gasteiger partial charge in [0.15, 0.2) is 0 Å². The lowest BCUT2D eigenvalue weighted by Crippen LogP contribution is -2.33. The third kappa shape index (κ3) is 5.23. The second kappa shape index (κ2) is 8.18. The molecule has 0 bridgehead atoms. The Kier molecular flexibility index (Phi) is 5.99. The largest absolute Gasteiger partial charge is 0.434 e. The molecule has 5 nitrogen and oxygen atoms in total. The number of nitrogens with one attached hydrogen (secondary N) is 2. The van der Waals surface area contributed by atoms with Crippen LogP contribution in [0.4, 0.5) is 18.9 Å². The van der Waals surface area contributed by atoms with Gasteiger partial charge in [0.05, 0.1) is 17.8 Å². The number of carbonyl (C=O) groups excluding carboxylic acids is 2. The summed E-state index contributed by atoms with van der Waals surface area (Å²) in [6, 6.07) is 9.67. The zero-order chi connectivity index (χ0) is 18.4. The predicted octanol–water partition coefficient (Wildman–Crippen LogP) is 3.10. The van der Waals surface area contributed by atoms with Gasteiger partial charge in [-0.2, -0.15) is 8.78 Å². The maximum atomic E-state index is 13.7. The summed E-state index contributed by atoms with van der Waals surface area (Å²) in [6.45, 7) is -1.84. The fourth-order valence-corrected chi connectivity index (χ4v) is 2.02. The molecule has 0 radical (unpaired) electrons. The molecule has 0 unspecified atom stereocenters. The van der Waals surface area contributed by atoms with E-state index in [4.69, 9.17) is 0 Å². The van der Waals surface area contributed by atoms with Crippen molar-refractivity contribution in [1.82, 2.24) is 5.32 Å². The molecule has 2 rings (SSSR count). The van der Waals surface area contributed by atoms with Gasteiger partial charge in [-0.25, -0.2) is 4.39 Å². The molecule has 2 aromatic rings. The van der Waals surface area contributed by atoms with Crippen LogP contribution in [0.3, 0.4) is 0 Å². The Bertz CT molecular complexity index is 781. The molecule has 0 saturated heterocycles. The van der Waals surface area contributed by atoms with Gasteiger partial charge in [-0.15, -0.1) is 0 Å². The Morgan fingerprint density at radius 1 is 1.16 bits per heavy atom. The molecule has 25 heavy (non-hydrogen) atoms. The zero-order valence-electron chi connectivity index (χ0n) is 13.2. The van der Waals surface area contributed by atoms with Gasteiger partial charge in [-0.3, -0.25) is 9.59 Å². The minimum absolute atomic E-state index is 0.0220. The van der Waals surface area contributed by atoms with Crippen molar-refractivity contribution in [2.75, 3.05) is 11.9 Å². The third-order valence-electron chi connectivity index (χ3n) is 3.16. The number of rotatable bonds is 6. The first-order valence-electron chi connectivity index (χ1n) is 7.25. The number of para-hydroxylation sites is 1. The molecule has 0 fully saturated rings. The van der Waals surface area contributed by atoms with Gasteiger partial charge in [-0.1, -0.05) is 18.2 Å². The SMILES string of the molecule is Cc1ccc(NC(=O)CNC(=O)c2ccccc2OC(F)F)c(F)c1. The Hall–Kier alpha value is -3.03. The number of hydrogen-bond donors (Lipinski definition) is 2. The van der Waals surface area contributed by atoms with Gasteiger partial charge in [0.25, 0.3) is 5.91 Å². The fraction of sp³-hybridized carbons (Fsp3) is 0.176. The van der Waals surface area contributed by atoms with E-state index in [1.165, 1.54) is 36.4 Å². The van der Waals surface area contributed by atoms with Crippen LogP contribution in [0.5, 0.6) is 5.75 Å². The summed E-state index contributed by atoms with van der Waals surface area (Å²) >= 11 is 0. The summed E-state index contributed by atoms with van der Waals surface area (Å²) in [5, 5.41) is 4.58. The fourth-order valence-electron chi connectivity index (χ4n) is 2.02. The second-order valence-corrected chi connectivity index (χ2v) is 5.09. The summed E-state index contributed by atoms with van der Waals surface area (Å²) < 4.78 is 42.6. The van der Waals surface area contributed by atoms with Crippen LogP contribution >= 0.6 is 0 Å². The van der Waals surface area contributed by atoms with Gasteiger partial charge in [0.1, 0.15) is 11.6 Å². The number of hydrogen-bond acceptors (Lipinski definition) is 3. The Morgan fingerprint density at radius 2 is 1.88 bits per heavy atom. The van der Waals surface area contributed by atoms with E-state index in [0.29, 0.717) is 5.56 Å². The molecular formula is C17H15F3N2O3. The van der Waals surface area contributed by atoms with Gasteiger partial charge in [-0.05, 0) is 36.8 Å². The smallest absolute Gasteiger partial charge is 0.387 e. The molecular weight excluding hydrogens is 337 g/mol. The van der Waals surface area contributed by atoms with Crippen LogP contribution in [-0.4, -0.2) is 25.0 Å². The van der Waals surface area contributed by atoms with Gasteiger partial charge in [0.2, 0.25) is 5.91 Å². The van der Waals surface area contributed by atoms with Crippen molar-refractivity contribution >= 4 is 17.5 Å². The molecule has 0 aliphatic heterocycles. The monoisotopic (exact) mass is 352 g/mol. The van der Waals surface area contributed by atoms with E-state index in [2.05, 4.69) is 15.4 Å². The van der Waals surface area contributed by atoms with E-state index in [1.807, 2.05) is 0 Å². The van der Waals surface area contributed by atoms with Gasteiger partial charge >= 0.3 is 6.61 Å². The number of ether oxygens (including phenoxy) is 1. The number of carbonyl (C=O) groups is 2. The first kappa shape index (κ1) is 18.3. The van der Waals surface area contributed by atoms with E-state index in [1.54, 1.807) is 13.0 Å². The van der Waals surface area contributed by atoms with Crippen LogP contribution in [-0.2, 0) is 4.79 Å². The Labute approximate surface area is 141 Å². The molecule has 0 spiro atoms. The molecule has 2 aromatic carbocycles. The summed E-state index contributed by atoms with van der Waals surface area (Å²) in [6.07, 6.45) is 0. The number of alkyl halides is 2. The highest BCUT2D eigenvalue weighted by molar-refractivity contribution is 6.00. The molecule has 0 aliphatic rings. The van der Waals surface area contributed by atoms with Gasteiger partial charge in [0, 0.05) is 0 Å². The molecule has 0 saturated carbocycles. The van der Waals surface area contributed by atoms with Crippen molar-refractivity contribution in [2.45, 2.75) is 13.5 Å². The highest BCUT2D eigenvalue weighted by Crippen LogP contribution is 2.20. The zero-order valence-corrected chi connectivity index (χ0v) is 13.2. The molecule has 132 valence electrons. The summed E-state index contributed by atoms with van der Waals surface area (Å²) in [4.78, 5) is 23.8. The maximum absolute atomic E-state index is 13.7. The van der Waals surface area contributed by atoms with E-state index in [-0.39, 0.29) is 17.0 Å². The number of aryl methyl sites for hydroxylation is 1. The predicted molar refractivity (Wildman–Crippen MR) is 85.2 cm³/mol. The number of halogens is 3. The van der Waals surface area contributed by atoms with Crippen molar-refractivity contribution in [3.63, 3.8) is 0 Å². The minimum atomic E-state index is -3.08. The second-order valence-electron chi connectivity index (χ2n) is 5.09. The quantitative estimate of drug-likeness (QED) is 0.839.